The number of benzene rings is 1. The molecule has 7 nitrogen and oxygen atoms in total. The second-order valence-electron chi connectivity index (χ2n) is 11.7. The molecule has 1 aromatic carbocycles. The highest BCUT2D eigenvalue weighted by Gasteiger charge is 2.43. The van der Waals surface area contributed by atoms with E-state index in [0.717, 1.165) is 51.7 Å². The first-order chi connectivity index (χ1) is 19.0. The van der Waals surface area contributed by atoms with Gasteiger partial charge in [-0.1, -0.05) is 51.3 Å². The van der Waals surface area contributed by atoms with Crippen LogP contribution in [0.4, 0.5) is 4.39 Å². The van der Waals surface area contributed by atoms with Gasteiger partial charge in [-0.05, 0) is 48.4 Å². The molecule has 1 aliphatic carbocycles. The van der Waals surface area contributed by atoms with Gasteiger partial charge in [0.2, 0.25) is 0 Å². The number of hydrogen-bond acceptors (Lipinski definition) is 6. The van der Waals surface area contributed by atoms with Crippen molar-refractivity contribution in [2.75, 3.05) is 5.75 Å². The van der Waals surface area contributed by atoms with Crippen LogP contribution in [0.2, 0.25) is 5.02 Å². The summed E-state index contributed by atoms with van der Waals surface area (Å²) in [4.78, 5) is 36.0. The van der Waals surface area contributed by atoms with E-state index in [0.29, 0.717) is 28.8 Å². The molecule has 6 rings (SSSR count). The maximum Gasteiger partial charge on any atom is 0.420 e. The van der Waals surface area contributed by atoms with Crippen molar-refractivity contribution >= 4 is 40.4 Å². The van der Waals surface area contributed by atoms with Gasteiger partial charge in [-0.2, -0.15) is 0 Å². The molecule has 10 heteroatoms. The summed E-state index contributed by atoms with van der Waals surface area (Å²) in [7, 11) is 0. The van der Waals surface area contributed by atoms with Crippen molar-refractivity contribution in [2.45, 2.75) is 63.3 Å². The van der Waals surface area contributed by atoms with E-state index < -0.39 is 17.5 Å². The number of pyridine rings is 2. The van der Waals surface area contributed by atoms with Crippen LogP contribution in [0, 0.1) is 17.7 Å². The molecular weight excluding hydrogens is 551 g/mol. The second kappa shape index (κ2) is 10.0. The fourth-order valence-corrected chi connectivity index (χ4v) is 7.42. The van der Waals surface area contributed by atoms with Gasteiger partial charge in [0.05, 0.1) is 45.9 Å². The number of hydrogen-bond donors (Lipinski definition) is 1. The Morgan fingerprint density at radius 1 is 1.32 bits per heavy atom. The largest absolute Gasteiger partial charge is 0.420 e. The van der Waals surface area contributed by atoms with Crippen molar-refractivity contribution in [1.29, 1.82) is 0 Å². The summed E-state index contributed by atoms with van der Waals surface area (Å²) in [6.45, 7) is 6.55. The number of halogens is 2. The van der Waals surface area contributed by atoms with Crippen LogP contribution in [-0.2, 0) is 18.4 Å². The van der Waals surface area contributed by atoms with Crippen molar-refractivity contribution in [2.24, 2.45) is 17.6 Å². The van der Waals surface area contributed by atoms with Crippen LogP contribution in [0.25, 0.3) is 22.2 Å². The third-order valence-corrected chi connectivity index (χ3v) is 9.52. The van der Waals surface area contributed by atoms with Gasteiger partial charge in [0.25, 0.3) is 5.91 Å². The van der Waals surface area contributed by atoms with Gasteiger partial charge >= 0.3 is 5.76 Å². The van der Waals surface area contributed by atoms with Crippen molar-refractivity contribution in [3.63, 3.8) is 0 Å². The maximum absolute atomic E-state index is 13.6. The zero-order chi connectivity index (χ0) is 28.3. The van der Waals surface area contributed by atoms with E-state index >= 15 is 0 Å². The molecule has 0 spiro atoms. The number of primary amides is 1. The Bertz CT molecular complexity index is 1730. The van der Waals surface area contributed by atoms with Crippen molar-refractivity contribution in [1.82, 2.24) is 14.5 Å². The van der Waals surface area contributed by atoms with Crippen LogP contribution in [0.1, 0.15) is 67.5 Å². The Morgan fingerprint density at radius 2 is 2.10 bits per heavy atom. The Balaban J connectivity index is 1.50. The molecule has 3 aromatic heterocycles. The molecule has 0 bridgehead atoms. The highest BCUT2D eigenvalue weighted by Crippen LogP contribution is 2.54. The van der Waals surface area contributed by atoms with Gasteiger partial charge in [-0.15, -0.1) is 11.8 Å². The van der Waals surface area contributed by atoms with Gasteiger partial charge < -0.3 is 10.2 Å². The number of carbonyl (C=O) groups excluding carboxylic acids is 1. The lowest BCUT2D eigenvalue weighted by molar-refractivity contribution is 0.0999. The van der Waals surface area contributed by atoms with E-state index in [4.69, 9.17) is 26.7 Å². The summed E-state index contributed by atoms with van der Waals surface area (Å²) in [5.41, 5.74) is 11.0. The number of rotatable bonds is 8. The highest BCUT2D eigenvalue weighted by molar-refractivity contribution is 7.99. The zero-order valence-corrected chi connectivity index (χ0v) is 24.2. The number of nitrogens with two attached hydrogens (primary N) is 1. The van der Waals surface area contributed by atoms with Crippen molar-refractivity contribution in [3.05, 3.63) is 74.5 Å². The minimum absolute atomic E-state index is 0.0658. The third kappa shape index (κ3) is 4.83. The first-order valence-electron chi connectivity index (χ1n) is 13.5. The normalized spacial score (nSPS) is 18.6. The first kappa shape index (κ1) is 27.0. The first-order valence-corrected chi connectivity index (χ1v) is 14.8. The third-order valence-electron chi connectivity index (χ3n) is 7.76. The molecule has 4 heterocycles. The molecule has 1 saturated carbocycles. The number of amides is 1. The minimum atomic E-state index is -0.627. The average Bonchev–Trinajstić information content (AvgIpc) is 3.57. The Morgan fingerprint density at radius 3 is 2.77 bits per heavy atom. The average molecular weight is 581 g/mol. The fraction of sp³-hybridized carbons (Fsp3) is 0.400. The summed E-state index contributed by atoms with van der Waals surface area (Å²) >= 11 is 7.64. The predicted octanol–water partition coefficient (Wildman–Crippen LogP) is 6.35. The van der Waals surface area contributed by atoms with E-state index in [2.05, 4.69) is 25.8 Å². The van der Waals surface area contributed by atoms with Gasteiger partial charge in [-0.25, -0.2) is 9.18 Å². The van der Waals surface area contributed by atoms with Crippen LogP contribution >= 0.6 is 23.4 Å². The second-order valence-corrected chi connectivity index (χ2v) is 13.1. The Kier molecular flexibility index (Phi) is 6.78. The molecule has 1 aliphatic heterocycles. The van der Waals surface area contributed by atoms with E-state index in [-0.39, 0.29) is 22.9 Å². The van der Waals surface area contributed by atoms with E-state index in [9.17, 15) is 14.0 Å². The smallest absolute Gasteiger partial charge is 0.408 e. The van der Waals surface area contributed by atoms with Crippen LogP contribution in [0.15, 0.2) is 44.6 Å². The molecule has 4 aromatic rings. The van der Waals surface area contributed by atoms with Crippen LogP contribution in [0.3, 0.4) is 0 Å². The van der Waals surface area contributed by atoms with Crippen molar-refractivity contribution < 1.29 is 13.6 Å². The molecule has 0 radical (unpaired) electrons. The molecule has 2 N–H and O–H groups in total. The summed E-state index contributed by atoms with van der Waals surface area (Å²) in [6.07, 6.45) is 5.25. The molecule has 1 amide bonds. The van der Waals surface area contributed by atoms with E-state index in [1.54, 1.807) is 23.9 Å². The van der Waals surface area contributed by atoms with Gasteiger partial charge in [0.1, 0.15) is 0 Å². The summed E-state index contributed by atoms with van der Waals surface area (Å²) < 4.78 is 20.7. The molecule has 0 unspecified atom stereocenters. The standard InChI is InChI=1S/C30H30ClFN4O3S/c1-15(2)8-21-25(28(33)37)24(26-27(35-21)30(3,14-40-26)11-16-4-5-16)17-6-7-22-23(9-17)39-29(38)36(22)13-18-10-19(31)20(32)12-34-18/h6-7,9-10,12,15-16H,4-5,8,11,13-14H2,1-3H3,(H2,33,37)/t30-/m0/s1. The zero-order valence-electron chi connectivity index (χ0n) is 22.6. The number of carbonyl (C=O) groups is 1. The lowest BCUT2D eigenvalue weighted by Gasteiger charge is -2.25. The minimum Gasteiger partial charge on any atom is -0.408 e. The molecule has 208 valence electrons. The summed E-state index contributed by atoms with van der Waals surface area (Å²) in [5, 5.41) is -0.0675. The number of fused-ring (bicyclic) bond motifs is 2. The molecular formula is C30H30ClFN4O3S. The van der Waals surface area contributed by atoms with E-state index in [1.165, 1.54) is 23.5 Å². The fourth-order valence-electron chi connectivity index (χ4n) is 5.73. The predicted molar refractivity (Wildman–Crippen MR) is 154 cm³/mol. The number of oxazole rings is 1. The molecule has 2 aliphatic rings. The van der Waals surface area contributed by atoms with E-state index in [1.807, 2.05) is 6.07 Å². The maximum atomic E-state index is 13.6. The lowest BCUT2D eigenvalue weighted by Crippen LogP contribution is -2.26. The summed E-state index contributed by atoms with van der Waals surface area (Å²) in [6, 6.07) is 6.86. The quantitative estimate of drug-likeness (QED) is 0.260. The van der Waals surface area contributed by atoms with Crippen LogP contribution in [0.5, 0.6) is 0 Å². The highest BCUT2D eigenvalue weighted by atomic mass is 35.5. The molecule has 1 atom stereocenters. The lowest BCUT2D eigenvalue weighted by atomic mass is 9.81. The topological polar surface area (TPSA) is 104 Å². The Hall–Kier alpha value is -3.17. The Labute approximate surface area is 240 Å². The van der Waals surface area contributed by atoms with Gasteiger partial charge in [0, 0.05) is 21.6 Å². The number of nitrogens with zero attached hydrogens (tertiary/aromatic N) is 3. The number of thioether (sulfide) groups is 1. The van der Waals surface area contributed by atoms with Crippen LogP contribution < -0.4 is 11.5 Å². The molecule has 0 saturated heterocycles. The van der Waals surface area contributed by atoms with Gasteiger partial charge in [0.15, 0.2) is 11.4 Å². The van der Waals surface area contributed by atoms with Gasteiger partial charge in [-0.3, -0.25) is 19.3 Å². The molecule has 40 heavy (non-hydrogen) atoms. The van der Waals surface area contributed by atoms with Crippen molar-refractivity contribution in [3.8, 4) is 11.1 Å². The summed E-state index contributed by atoms with van der Waals surface area (Å²) in [5.74, 6) is 0.179. The van der Waals surface area contributed by atoms with Crippen LogP contribution in [-0.4, -0.2) is 26.2 Å². The SMILES string of the molecule is CC(C)Cc1nc2c(c(-c3ccc4c(c3)oc(=O)n4Cc3cc(Cl)c(F)cn3)c1C(N)=O)SC[C@]2(C)CC1CC1. The monoisotopic (exact) mass is 580 g/mol. The molecule has 1 fully saturated rings. The number of aromatic nitrogens is 3.